The number of hydrogen-bond donors (Lipinski definition) is 3. The van der Waals surface area contributed by atoms with E-state index in [1.165, 1.54) is 7.11 Å². The van der Waals surface area contributed by atoms with Crippen molar-refractivity contribution in [1.82, 2.24) is 0 Å². The maximum Gasteiger partial charge on any atom is 0.341 e. The number of carbonyl (C=O) groups is 4. The first kappa shape index (κ1) is 25.8. The summed E-state index contributed by atoms with van der Waals surface area (Å²) in [5.41, 5.74) is 6.79. The molecule has 1 aromatic heterocycles. The highest BCUT2D eigenvalue weighted by molar-refractivity contribution is 7.18. The van der Waals surface area contributed by atoms with Crippen LogP contribution in [0.3, 0.4) is 0 Å². The van der Waals surface area contributed by atoms with Gasteiger partial charge in [0.15, 0.2) is 0 Å². The zero-order valence-electron chi connectivity index (χ0n) is 18.9. The Hall–Kier alpha value is -3.44. The molecule has 0 aliphatic carbocycles. The maximum absolute atomic E-state index is 12.5. The van der Waals surface area contributed by atoms with Crippen LogP contribution in [-0.2, 0) is 19.0 Å². The summed E-state index contributed by atoms with van der Waals surface area (Å²) in [4.78, 5) is 48.7. The molecule has 33 heavy (non-hydrogen) atoms. The van der Waals surface area contributed by atoms with Crippen molar-refractivity contribution in [1.29, 1.82) is 0 Å². The van der Waals surface area contributed by atoms with Crippen LogP contribution in [0, 0.1) is 6.92 Å². The first-order valence-corrected chi connectivity index (χ1v) is 10.9. The van der Waals surface area contributed by atoms with Gasteiger partial charge >= 0.3 is 11.9 Å². The summed E-state index contributed by atoms with van der Waals surface area (Å²) in [6, 6.07) is 6.45. The van der Waals surface area contributed by atoms with Crippen LogP contribution < -0.4 is 16.4 Å². The largest absolute Gasteiger partial charge is 0.460 e. The number of esters is 2. The fraction of sp³-hybridized carbons (Fsp3) is 0.364. The molecule has 1 aromatic carbocycles. The van der Waals surface area contributed by atoms with Gasteiger partial charge in [0, 0.05) is 12.8 Å². The Morgan fingerprint density at radius 2 is 1.73 bits per heavy atom. The van der Waals surface area contributed by atoms with E-state index in [0.29, 0.717) is 16.8 Å². The van der Waals surface area contributed by atoms with Crippen molar-refractivity contribution in [3.63, 3.8) is 0 Å². The second-order valence-electron chi connectivity index (χ2n) is 7.19. The molecule has 0 saturated heterocycles. The van der Waals surface area contributed by atoms with Gasteiger partial charge in [-0.1, -0.05) is 0 Å². The first-order valence-electron chi connectivity index (χ1n) is 10.1. The van der Waals surface area contributed by atoms with E-state index in [1.807, 2.05) is 0 Å². The van der Waals surface area contributed by atoms with Crippen LogP contribution in [0.4, 0.5) is 10.7 Å². The van der Waals surface area contributed by atoms with Crippen molar-refractivity contribution in [3.8, 4) is 0 Å². The molecule has 2 amide bonds. The summed E-state index contributed by atoms with van der Waals surface area (Å²) in [6.07, 6.45) is -0.225. The van der Waals surface area contributed by atoms with Crippen molar-refractivity contribution in [2.75, 3.05) is 37.5 Å². The second-order valence-corrected chi connectivity index (χ2v) is 8.21. The lowest BCUT2D eigenvalue weighted by molar-refractivity contribution is -0.114. The van der Waals surface area contributed by atoms with Crippen LogP contribution in [0.2, 0.25) is 0 Å². The minimum Gasteiger partial charge on any atom is -0.460 e. The minimum atomic E-state index is -0.710. The summed E-state index contributed by atoms with van der Waals surface area (Å²) in [6.45, 7) is 5.18. The Labute approximate surface area is 195 Å². The van der Waals surface area contributed by atoms with Crippen molar-refractivity contribution in [2.45, 2.75) is 26.9 Å². The zero-order chi connectivity index (χ0) is 24.5. The van der Waals surface area contributed by atoms with Gasteiger partial charge < -0.3 is 30.6 Å². The molecule has 0 aliphatic heterocycles. The quantitative estimate of drug-likeness (QED) is 0.331. The fourth-order valence-corrected chi connectivity index (χ4v) is 3.79. The molecule has 10 nitrogen and oxygen atoms in total. The third-order valence-electron chi connectivity index (χ3n) is 4.26. The molecule has 178 valence electrons. The monoisotopic (exact) mass is 477 g/mol. The van der Waals surface area contributed by atoms with Gasteiger partial charge in [-0.05, 0) is 50.6 Å². The predicted molar refractivity (Wildman–Crippen MR) is 124 cm³/mol. The number of hydrogen-bond acceptors (Lipinski definition) is 9. The van der Waals surface area contributed by atoms with Crippen LogP contribution in [-0.4, -0.2) is 56.7 Å². The molecule has 0 bridgehead atoms. The summed E-state index contributed by atoms with van der Waals surface area (Å²) in [5.74, 6) is -2.29. The standard InChI is InChI=1S/C22H27N3O7S/c1-12(2)32-21(28)14-5-7-15(8-6-14)24-11-16(26)25-20-17(22(29)31-10-9-30-4)13(3)18(33-20)19(23)27/h5-8,12,24H,9-11H2,1-4H3,(H2,23,27)(H,25,26). The Kier molecular flexibility index (Phi) is 9.37. The van der Waals surface area contributed by atoms with Gasteiger partial charge in [0.1, 0.15) is 11.6 Å². The average molecular weight is 478 g/mol. The van der Waals surface area contributed by atoms with Gasteiger partial charge in [0.05, 0.1) is 35.3 Å². The number of rotatable bonds is 11. The lowest BCUT2D eigenvalue weighted by Crippen LogP contribution is -2.22. The number of benzene rings is 1. The Bertz CT molecular complexity index is 1020. The van der Waals surface area contributed by atoms with E-state index in [2.05, 4.69) is 10.6 Å². The number of carbonyl (C=O) groups excluding carboxylic acids is 4. The Balaban J connectivity index is 2.05. The minimum absolute atomic E-state index is 0.0200. The van der Waals surface area contributed by atoms with Crippen LogP contribution >= 0.6 is 11.3 Å². The summed E-state index contributed by atoms with van der Waals surface area (Å²) in [5, 5.41) is 5.71. The lowest BCUT2D eigenvalue weighted by Gasteiger charge is -2.10. The van der Waals surface area contributed by atoms with Crippen molar-refractivity contribution in [3.05, 3.63) is 45.8 Å². The van der Waals surface area contributed by atoms with Crippen molar-refractivity contribution < 1.29 is 33.4 Å². The maximum atomic E-state index is 12.5. The molecule has 0 unspecified atom stereocenters. The smallest absolute Gasteiger partial charge is 0.341 e. The number of nitrogens with one attached hydrogen (secondary N) is 2. The highest BCUT2D eigenvalue weighted by Gasteiger charge is 2.25. The van der Waals surface area contributed by atoms with E-state index in [1.54, 1.807) is 45.0 Å². The highest BCUT2D eigenvalue weighted by atomic mass is 32.1. The van der Waals surface area contributed by atoms with Crippen LogP contribution in [0.1, 0.15) is 49.8 Å². The molecule has 11 heteroatoms. The number of anilines is 2. The van der Waals surface area contributed by atoms with Gasteiger partial charge in [-0.15, -0.1) is 11.3 Å². The van der Waals surface area contributed by atoms with Gasteiger partial charge in [0.2, 0.25) is 5.91 Å². The third kappa shape index (κ3) is 7.29. The van der Waals surface area contributed by atoms with Crippen LogP contribution in [0.5, 0.6) is 0 Å². The van der Waals surface area contributed by atoms with Crippen LogP contribution in [0.25, 0.3) is 0 Å². The first-order chi connectivity index (χ1) is 15.6. The number of primary amides is 1. The van der Waals surface area contributed by atoms with E-state index >= 15 is 0 Å². The molecule has 0 aliphatic rings. The molecule has 0 spiro atoms. The van der Waals surface area contributed by atoms with Crippen molar-refractivity contribution in [2.24, 2.45) is 5.73 Å². The number of nitrogens with two attached hydrogens (primary N) is 1. The average Bonchev–Trinajstić information content (AvgIpc) is 3.08. The Morgan fingerprint density at radius 3 is 2.30 bits per heavy atom. The normalized spacial score (nSPS) is 10.6. The summed E-state index contributed by atoms with van der Waals surface area (Å²) >= 11 is 0.904. The number of ether oxygens (including phenoxy) is 3. The van der Waals surface area contributed by atoms with Gasteiger partial charge in [0.25, 0.3) is 5.91 Å². The highest BCUT2D eigenvalue weighted by Crippen LogP contribution is 2.33. The number of methoxy groups -OCH3 is 1. The zero-order valence-corrected chi connectivity index (χ0v) is 19.7. The van der Waals surface area contributed by atoms with E-state index in [-0.39, 0.29) is 41.3 Å². The van der Waals surface area contributed by atoms with E-state index in [4.69, 9.17) is 19.9 Å². The van der Waals surface area contributed by atoms with E-state index in [9.17, 15) is 19.2 Å². The molecule has 2 aromatic rings. The molecular weight excluding hydrogens is 450 g/mol. The molecule has 0 radical (unpaired) electrons. The van der Waals surface area contributed by atoms with Gasteiger partial charge in [-0.3, -0.25) is 9.59 Å². The van der Waals surface area contributed by atoms with E-state index in [0.717, 1.165) is 11.3 Å². The number of thiophene rings is 1. The molecule has 4 N–H and O–H groups in total. The fourth-order valence-electron chi connectivity index (χ4n) is 2.73. The summed E-state index contributed by atoms with van der Waals surface area (Å²) < 4.78 is 15.1. The van der Waals surface area contributed by atoms with E-state index < -0.39 is 23.8 Å². The summed E-state index contributed by atoms with van der Waals surface area (Å²) in [7, 11) is 1.47. The van der Waals surface area contributed by atoms with Gasteiger partial charge in [-0.2, -0.15) is 0 Å². The topological polar surface area (TPSA) is 146 Å². The lowest BCUT2D eigenvalue weighted by atomic mass is 10.1. The molecule has 0 saturated carbocycles. The Morgan fingerprint density at radius 1 is 1.06 bits per heavy atom. The molecular formula is C22H27N3O7S. The molecule has 1 heterocycles. The molecule has 2 rings (SSSR count). The van der Waals surface area contributed by atoms with Crippen molar-refractivity contribution >= 4 is 45.8 Å². The predicted octanol–water partition coefficient (Wildman–Crippen LogP) is 2.57. The number of amides is 2. The molecule has 0 atom stereocenters. The van der Waals surface area contributed by atoms with Crippen LogP contribution in [0.15, 0.2) is 24.3 Å². The third-order valence-corrected chi connectivity index (χ3v) is 5.49. The van der Waals surface area contributed by atoms with Gasteiger partial charge in [-0.25, -0.2) is 9.59 Å². The molecule has 0 fully saturated rings. The SMILES string of the molecule is COCCOC(=O)c1c(NC(=O)CNc2ccc(C(=O)OC(C)C)cc2)sc(C(N)=O)c1C. The second kappa shape index (κ2) is 12.0.